The summed E-state index contributed by atoms with van der Waals surface area (Å²) in [4.78, 5) is 11.2. The van der Waals surface area contributed by atoms with Gasteiger partial charge < -0.3 is 10.1 Å². The zero-order valence-electron chi connectivity index (χ0n) is 15.0. The largest absolute Gasteiger partial charge is 0.465 e. The number of anilines is 3. The number of carbonyl (C=O) groups is 1. The van der Waals surface area contributed by atoms with E-state index in [0.717, 1.165) is 36.6 Å². The third-order valence-corrected chi connectivity index (χ3v) is 6.92. The van der Waals surface area contributed by atoms with Gasteiger partial charge in [0, 0.05) is 3.57 Å². The summed E-state index contributed by atoms with van der Waals surface area (Å²) in [6.45, 7) is 0. The van der Waals surface area contributed by atoms with Gasteiger partial charge in [-0.25, -0.2) is 26.4 Å². The number of methoxy groups -OCH3 is 1. The minimum absolute atomic E-state index is 0.189. The van der Waals surface area contributed by atoms with Crippen LogP contribution < -0.4 is 10.0 Å². The molecule has 0 unspecified atom stereocenters. The maximum Gasteiger partial charge on any atom is 0.349 e. The van der Waals surface area contributed by atoms with E-state index in [4.69, 9.17) is 0 Å². The first-order valence-corrected chi connectivity index (χ1v) is 11.5. The first kappa shape index (κ1) is 22.4. The number of rotatable bonds is 6. The zero-order chi connectivity index (χ0) is 22.1. The fourth-order valence-corrected chi connectivity index (χ4v) is 5.29. The molecule has 0 aliphatic heterocycles. The highest BCUT2D eigenvalue weighted by Crippen LogP contribution is 2.34. The first-order chi connectivity index (χ1) is 14.1. The Bertz CT molecular complexity index is 1230. The molecule has 0 amide bonds. The molecular weight excluding hydrogens is 556 g/mol. The van der Waals surface area contributed by atoms with Crippen molar-refractivity contribution < 1.29 is 31.1 Å². The minimum atomic E-state index is -4.38. The van der Waals surface area contributed by atoms with Gasteiger partial charge in [-0.3, -0.25) is 4.72 Å². The summed E-state index contributed by atoms with van der Waals surface area (Å²) in [5.74, 6) is -4.29. The third kappa shape index (κ3) is 4.54. The van der Waals surface area contributed by atoms with Gasteiger partial charge in [0.15, 0.2) is 11.6 Å². The average molecular weight is 568 g/mol. The Kier molecular flexibility index (Phi) is 6.57. The van der Waals surface area contributed by atoms with Crippen molar-refractivity contribution in [3.63, 3.8) is 0 Å². The second-order valence-electron chi connectivity index (χ2n) is 5.74. The number of hydrogen-bond acceptors (Lipinski definition) is 6. The van der Waals surface area contributed by atoms with E-state index in [0.29, 0.717) is 3.57 Å². The van der Waals surface area contributed by atoms with Crippen molar-refractivity contribution in [2.24, 2.45) is 0 Å². The number of nitrogens with one attached hydrogen (secondary N) is 2. The van der Waals surface area contributed by atoms with Gasteiger partial charge in [-0.05, 0) is 64.4 Å². The summed E-state index contributed by atoms with van der Waals surface area (Å²) in [6.07, 6.45) is 0. The van der Waals surface area contributed by atoms with Gasteiger partial charge in [0.05, 0.1) is 18.5 Å². The Morgan fingerprint density at radius 1 is 1.07 bits per heavy atom. The van der Waals surface area contributed by atoms with E-state index in [1.165, 1.54) is 23.6 Å². The molecule has 1 aromatic heterocycles. The second kappa shape index (κ2) is 8.81. The Hall–Kier alpha value is -2.32. The number of thiophene rings is 1. The minimum Gasteiger partial charge on any atom is -0.465 e. The lowest BCUT2D eigenvalue weighted by atomic mass is 10.2. The Morgan fingerprint density at radius 2 is 1.77 bits per heavy atom. The molecule has 30 heavy (non-hydrogen) atoms. The Balaban J connectivity index is 2.04. The van der Waals surface area contributed by atoms with Crippen LogP contribution >= 0.6 is 33.9 Å². The van der Waals surface area contributed by atoms with Crippen molar-refractivity contribution >= 4 is 67.0 Å². The monoisotopic (exact) mass is 568 g/mol. The molecule has 2 N–H and O–H groups in total. The quantitative estimate of drug-likeness (QED) is 0.320. The van der Waals surface area contributed by atoms with Gasteiger partial charge in [-0.15, -0.1) is 11.3 Å². The fourth-order valence-electron chi connectivity index (χ4n) is 2.43. The maximum atomic E-state index is 14.5. The van der Waals surface area contributed by atoms with Gasteiger partial charge in [-0.1, -0.05) is 0 Å². The number of ether oxygens (including phenoxy) is 1. The number of sulfonamides is 1. The highest BCUT2D eigenvalue weighted by molar-refractivity contribution is 14.1. The summed E-state index contributed by atoms with van der Waals surface area (Å²) in [6, 6.07) is 6.86. The van der Waals surface area contributed by atoms with E-state index in [9.17, 15) is 26.4 Å². The van der Waals surface area contributed by atoms with Crippen molar-refractivity contribution in [3.8, 4) is 0 Å². The van der Waals surface area contributed by atoms with Gasteiger partial charge >= 0.3 is 5.97 Å². The summed E-state index contributed by atoms with van der Waals surface area (Å²) in [5, 5.41) is 3.75. The van der Waals surface area contributed by atoms with Crippen LogP contribution in [0.25, 0.3) is 0 Å². The molecular formula is C18H12F3IN2O4S2. The highest BCUT2D eigenvalue weighted by atomic mass is 127. The molecule has 3 aromatic rings. The van der Waals surface area contributed by atoms with E-state index in [-0.39, 0.29) is 16.3 Å². The summed E-state index contributed by atoms with van der Waals surface area (Å²) < 4.78 is 75.2. The maximum absolute atomic E-state index is 14.5. The van der Waals surface area contributed by atoms with E-state index >= 15 is 0 Å². The molecule has 0 fully saturated rings. The molecule has 2 aromatic carbocycles. The Morgan fingerprint density at radius 3 is 2.43 bits per heavy atom. The van der Waals surface area contributed by atoms with Crippen LogP contribution in [-0.2, 0) is 14.8 Å². The van der Waals surface area contributed by atoms with Gasteiger partial charge in [0.25, 0.3) is 10.0 Å². The summed E-state index contributed by atoms with van der Waals surface area (Å²) in [7, 11) is -3.29. The predicted molar refractivity (Wildman–Crippen MR) is 115 cm³/mol. The van der Waals surface area contributed by atoms with Crippen LogP contribution in [-0.4, -0.2) is 21.5 Å². The number of hydrogen-bond donors (Lipinski definition) is 2. The normalized spacial score (nSPS) is 11.2. The lowest BCUT2D eigenvalue weighted by Crippen LogP contribution is -2.17. The molecule has 12 heteroatoms. The lowest BCUT2D eigenvalue weighted by molar-refractivity contribution is 0.0602. The van der Waals surface area contributed by atoms with Gasteiger partial charge in [-0.2, -0.15) is 0 Å². The number of esters is 1. The smallest absolute Gasteiger partial charge is 0.349 e. The van der Waals surface area contributed by atoms with Crippen molar-refractivity contribution in [1.82, 2.24) is 0 Å². The molecule has 6 nitrogen and oxygen atoms in total. The second-order valence-corrected chi connectivity index (χ2v) is 9.56. The summed E-state index contributed by atoms with van der Waals surface area (Å²) in [5.41, 5.74) is -1.19. The van der Waals surface area contributed by atoms with Crippen LogP contribution in [0.5, 0.6) is 0 Å². The molecule has 0 spiro atoms. The lowest BCUT2D eigenvalue weighted by Gasteiger charge is -2.16. The molecule has 0 atom stereocenters. The number of benzene rings is 2. The van der Waals surface area contributed by atoms with E-state index in [1.54, 1.807) is 0 Å². The topological polar surface area (TPSA) is 84.5 Å². The molecule has 1 heterocycles. The zero-order valence-corrected chi connectivity index (χ0v) is 18.8. The SMILES string of the molecule is COC(=O)c1sccc1S(=O)(=O)Nc1ccc(F)c(F)c1Nc1ccc(I)cc1F. The Labute approximate surface area is 187 Å². The molecule has 3 rings (SSSR count). The molecule has 0 bridgehead atoms. The van der Waals surface area contributed by atoms with Crippen LogP contribution in [0.1, 0.15) is 9.67 Å². The van der Waals surface area contributed by atoms with Crippen molar-refractivity contribution in [1.29, 1.82) is 0 Å². The van der Waals surface area contributed by atoms with E-state index < -0.39 is 44.0 Å². The molecule has 0 radical (unpaired) electrons. The van der Waals surface area contributed by atoms with E-state index in [1.807, 2.05) is 22.6 Å². The van der Waals surface area contributed by atoms with E-state index in [2.05, 4.69) is 14.8 Å². The molecule has 0 saturated heterocycles. The fraction of sp³-hybridized carbons (Fsp3) is 0.0556. The van der Waals surface area contributed by atoms with Crippen molar-refractivity contribution in [2.45, 2.75) is 4.90 Å². The predicted octanol–water partition coefficient (Wildman–Crippen LogP) is 5.10. The molecule has 158 valence electrons. The average Bonchev–Trinajstić information content (AvgIpc) is 3.19. The van der Waals surface area contributed by atoms with Gasteiger partial charge in [0.2, 0.25) is 0 Å². The van der Waals surface area contributed by atoms with Crippen LogP contribution in [0.15, 0.2) is 46.7 Å². The number of halogens is 4. The molecule has 0 aliphatic carbocycles. The molecule has 0 aliphatic rings. The van der Waals surface area contributed by atoms with Crippen LogP contribution in [0.3, 0.4) is 0 Å². The van der Waals surface area contributed by atoms with Crippen molar-refractivity contribution in [3.05, 3.63) is 67.7 Å². The standard InChI is InChI=1S/C18H12F3IN2O4S2/c1-28-18(25)17-14(6-7-29-17)30(26,27)24-13-5-3-10(19)15(21)16(13)23-12-4-2-9(22)8-11(12)20/h2-8,23-24H,1H3. The highest BCUT2D eigenvalue weighted by Gasteiger charge is 2.27. The third-order valence-electron chi connectivity index (χ3n) is 3.82. The molecule has 0 saturated carbocycles. The first-order valence-electron chi connectivity index (χ1n) is 8.02. The summed E-state index contributed by atoms with van der Waals surface area (Å²) >= 11 is 2.72. The van der Waals surface area contributed by atoms with Crippen molar-refractivity contribution in [2.75, 3.05) is 17.1 Å². The van der Waals surface area contributed by atoms with Crippen LogP contribution in [0, 0.1) is 21.0 Å². The van der Waals surface area contributed by atoms with Crippen LogP contribution in [0.2, 0.25) is 0 Å². The van der Waals surface area contributed by atoms with Gasteiger partial charge in [0.1, 0.15) is 21.3 Å². The number of carbonyl (C=O) groups excluding carboxylic acids is 1. The van der Waals surface area contributed by atoms with Crippen LogP contribution in [0.4, 0.5) is 30.2 Å².